The van der Waals surface area contributed by atoms with E-state index >= 15 is 0 Å². The molecule has 0 spiro atoms. The van der Waals surface area contributed by atoms with Gasteiger partial charge in [0.1, 0.15) is 11.3 Å². The topological polar surface area (TPSA) is 56.7 Å². The Labute approximate surface area is 123 Å². The van der Waals surface area contributed by atoms with E-state index in [-0.39, 0.29) is 5.92 Å². The van der Waals surface area contributed by atoms with Crippen molar-refractivity contribution in [1.29, 1.82) is 0 Å². The Balaban J connectivity index is 1.90. The van der Waals surface area contributed by atoms with Crippen molar-refractivity contribution >= 4 is 11.2 Å². The Morgan fingerprint density at radius 1 is 1.14 bits per heavy atom. The molecule has 2 aromatic heterocycles. The molecule has 0 aliphatic heterocycles. The minimum atomic E-state index is 0.126. The monoisotopic (exact) mass is 278 g/mol. The van der Waals surface area contributed by atoms with E-state index in [9.17, 15) is 0 Å². The van der Waals surface area contributed by atoms with Gasteiger partial charge in [-0.1, -0.05) is 30.3 Å². The van der Waals surface area contributed by atoms with E-state index in [1.165, 1.54) is 18.4 Å². The number of hydrogen-bond acceptors (Lipinski definition) is 3. The highest BCUT2D eigenvalue weighted by Gasteiger charge is 2.31. The highest BCUT2D eigenvalue weighted by atomic mass is 15.2. The quantitative estimate of drug-likeness (QED) is 0.798. The number of benzene rings is 1. The van der Waals surface area contributed by atoms with Crippen LogP contribution in [0.15, 0.2) is 48.7 Å². The standard InChI is InChI=1S/C17H18N4/c18-11-14(12-5-2-1-3-6-12)16-20-15-7-4-10-19-17(15)21(16)13-8-9-13/h1-7,10,13-14H,8-9,11,18H2. The molecule has 4 nitrogen and oxygen atoms in total. The second-order valence-corrected chi connectivity index (χ2v) is 5.62. The maximum atomic E-state index is 6.07. The Morgan fingerprint density at radius 3 is 2.67 bits per heavy atom. The molecule has 1 aromatic carbocycles. The SMILES string of the molecule is NCC(c1ccccc1)c1nc2cccnc2n1C1CC1. The number of hydrogen-bond donors (Lipinski definition) is 1. The number of rotatable bonds is 4. The van der Waals surface area contributed by atoms with Gasteiger partial charge < -0.3 is 10.3 Å². The van der Waals surface area contributed by atoms with Crippen molar-refractivity contribution in [2.75, 3.05) is 6.54 Å². The molecule has 2 heterocycles. The van der Waals surface area contributed by atoms with Gasteiger partial charge in [0.2, 0.25) is 0 Å². The zero-order chi connectivity index (χ0) is 14.2. The summed E-state index contributed by atoms with van der Waals surface area (Å²) >= 11 is 0. The minimum absolute atomic E-state index is 0.126. The predicted octanol–water partition coefficient (Wildman–Crippen LogP) is 2.86. The Hall–Kier alpha value is -2.20. The lowest BCUT2D eigenvalue weighted by atomic mass is 9.98. The molecule has 1 saturated carbocycles. The highest BCUT2D eigenvalue weighted by molar-refractivity contribution is 5.72. The molecular weight excluding hydrogens is 260 g/mol. The summed E-state index contributed by atoms with van der Waals surface area (Å²) in [6.45, 7) is 0.556. The molecule has 0 radical (unpaired) electrons. The van der Waals surface area contributed by atoms with E-state index in [4.69, 9.17) is 10.7 Å². The van der Waals surface area contributed by atoms with Gasteiger partial charge in [0.25, 0.3) is 0 Å². The second kappa shape index (κ2) is 4.97. The van der Waals surface area contributed by atoms with Crippen LogP contribution in [0.25, 0.3) is 11.2 Å². The Kier molecular flexibility index (Phi) is 2.97. The molecular formula is C17H18N4. The summed E-state index contributed by atoms with van der Waals surface area (Å²) in [7, 11) is 0. The molecule has 3 aromatic rings. The molecule has 4 rings (SSSR count). The summed E-state index contributed by atoms with van der Waals surface area (Å²) in [5, 5.41) is 0. The van der Waals surface area contributed by atoms with Gasteiger partial charge in [-0.2, -0.15) is 0 Å². The summed E-state index contributed by atoms with van der Waals surface area (Å²) in [5.74, 6) is 1.18. The third-order valence-corrected chi connectivity index (χ3v) is 4.14. The number of imidazole rings is 1. The van der Waals surface area contributed by atoms with E-state index in [0.29, 0.717) is 12.6 Å². The van der Waals surface area contributed by atoms with E-state index < -0.39 is 0 Å². The lowest BCUT2D eigenvalue weighted by Crippen LogP contribution is -2.18. The lowest BCUT2D eigenvalue weighted by molar-refractivity contribution is 0.646. The molecule has 1 fully saturated rings. The molecule has 2 N–H and O–H groups in total. The van der Waals surface area contributed by atoms with Crippen LogP contribution in [0.4, 0.5) is 0 Å². The number of pyridine rings is 1. The van der Waals surface area contributed by atoms with Crippen molar-refractivity contribution in [3.63, 3.8) is 0 Å². The fourth-order valence-corrected chi connectivity index (χ4v) is 2.96. The normalized spacial score (nSPS) is 16.2. The van der Waals surface area contributed by atoms with Crippen molar-refractivity contribution in [1.82, 2.24) is 14.5 Å². The third-order valence-electron chi connectivity index (χ3n) is 4.14. The maximum Gasteiger partial charge on any atom is 0.160 e. The Morgan fingerprint density at radius 2 is 1.95 bits per heavy atom. The fraction of sp³-hybridized carbons (Fsp3) is 0.294. The maximum absolute atomic E-state index is 6.07. The van der Waals surface area contributed by atoms with Gasteiger partial charge in [0.05, 0.1) is 5.92 Å². The largest absolute Gasteiger partial charge is 0.329 e. The van der Waals surface area contributed by atoms with Gasteiger partial charge in [-0.25, -0.2) is 9.97 Å². The van der Waals surface area contributed by atoms with Crippen LogP contribution >= 0.6 is 0 Å². The van der Waals surface area contributed by atoms with Crippen LogP contribution in [-0.2, 0) is 0 Å². The number of aromatic nitrogens is 3. The van der Waals surface area contributed by atoms with Gasteiger partial charge in [-0.3, -0.25) is 0 Å². The van der Waals surface area contributed by atoms with E-state index in [1.807, 2.05) is 24.4 Å². The molecule has 4 heteroatoms. The zero-order valence-electron chi connectivity index (χ0n) is 11.8. The minimum Gasteiger partial charge on any atom is -0.329 e. The third kappa shape index (κ3) is 2.12. The van der Waals surface area contributed by atoms with E-state index in [1.54, 1.807) is 0 Å². The molecule has 1 atom stereocenters. The average Bonchev–Trinajstić information content (AvgIpc) is 3.30. The molecule has 0 amide bonds. The van der Waals surface area contributed by atoms with Crippen molar-refractivity contribution in [2.24, 2.45) is 5.73 Å². The van der Waals surface area contributed by atoms with Gasteiger partial charge in [-0.05, 0) is 30.5 Å². The van der Waals surface area contributed by atoms with Crippen LogP contribution in [0.5, 0.6) is 0 Å². The van der Waals surface area contributed by atoms with E-state index in [0.717, 1.165) is 17.0 Å². The second-order valence-electron chi connectivity index (χ2n) is 5.62. The zero-order valence-corrected chi connectivity index (χ0v) is 11.8. The summed E-state index contributed by atoms with van der Waals surface area (Å²) in [4.78, 5) is 9.38. The molecule has 0 bridgehead atoms. The predicted molar refractivity (Wildman–Crippen MR) is 83.1 cm³/mol. The van der Waals surface area contributed by atoms with Crippen LogP contribution in [0.3, 0.4) is 0 Å². The summed E-state index contributed by atoms with van der Waals surface area (Å²) < 4.78 is 2.31. The van der Waals surface area contributed by atoms with Crippen LogP contribution in [0, 0.1) is 0 Å². The van der Waals surface area contributed by atoms with Crippen molar-refractivity contribution < 1.29 is 0 Å². The summed E-state index contributed by atoms with van der Waals surface area (Å²) in [6.07, 6.45) is 4.26. The molecule has 1 unspecified atom stereocenters. The van der Waals surface area contributed by atoms with Crippen LogP contribution < -0.4 is 5.73 Å². The summed E-state index contributed by atoms with van der Waals surface area (Å²) in [5.41, 5.74) is 9.25. The molecule has 1 aliphatic carbocycles. The Bertz CT molecular complexity index is 759. The van der Waals surface area contributed by atoms with Gasteiger partial charge in [0, 0.05) is 18.8 Å². The fourth-order valence-electron chi connectivity index (χ4n) is 2.96. The molecule has 0 saturated heterocycles. The number of fused-ring (bicyclic) bond motifs is 1. The highest BCUT2D eigenvalue weighted by Crippen LogP contribution is 2.40. The average molecular weight is 278 g/mol. The van der Waals surface area contributed by atoms with Crippen LogP contribution in [-0.4, -0.2) is 21.1 Å². The smallest absolute Gasteiger partial charge is 0.160 e. The first-order valence-electron chi connectivity index (χ1n) is 7.46. The van der Waals surface area contributed by atoms with E-state index in [2.05, 4.69) is 33.8 Å². The molecule has 21 heavy (non-hydrogen) atoms. The first-order chi connectivity index (χ1) is 10.4. The van der Waals surface area contributed by atoms with Crippen LogP contribution in [0.2, 0.25) is 0 Å². The van der Waals surface area contributed by atoms with Crippen LogP contribution in [0.1, 0.15) is 36.2 Å². The van der Waals surface area contributed by atoms with Gasteiger partial charge in [0.15, 0.2) is 5.65 Å². The van der Waals surface area contributed by atoms with Crippen molar-refractivity contribution in [3.8, 4) is 0 Å². The lowest BCUT2D eigenvalue weighted by Gasteiger charge is -2.17. The van der Waals surface area contributed by atoms with Crippen molar-refractivity contribution in [2.45, 2.75) is 24.8 Å². The first kappa shape index (κ1) is 12.5. The number of nitrogens with two attached hydrogens (primary N) is 1. The number of nitrogens with zero attached hydrogens (tertiary/aromatic N) is 3. The van der Waals surface area contributed by atoms with Crippen molar-refractivity contribution in [3.05, 3.63) is 60.0 Å². The molecule has 1 aliphatic rings. The molecule has 106 valence electrons. The first-order valence-corrected chi connectivity index (χ1v) is 7.46. The van der Waals surface area contributed by atoms with Gasteiger partial charge in [-0.15, -0.1) is 0 Å². The summed E-state index contributed by atoms with van der Waals surface area (Å²) in [6, 6.07) is 14.9. The van der Waals surface area contributed by atoms with Gasteiger partial charge >= 0.3 is 0 Å².